The molecular weight excluding hydrogens is 264 g/mol. The molecule has 0 aliphatic heterocycles. The van der Waals surface area contributed by atoms with Crippen molar-refractivity contribution in [2.45, 2.75) is 0 Å². The molecule has 1 rings (SSSR count). The van der Waals surface area contributed by atoms with E-state index in [0.717, 1.165) is 4.47 Å². The van der Waals surface area contributed by atoms with Crippen LogP contribution >= 0.6 is 15.9 Å². The summed E-state index contributed by atoms with van der Waals surface area (Å²) >= 11 is 3.20. The van der Waals surface area contributed by atoms with Gasteiger partial charge >= 0.3 is 5.97 Å². The summed E-state index contributed by atoms with van der Waals surface area (Å²) in [6, 6.07) is 6.36. The van der Waals surface area contributed by atoms with Gasteiger partial charge in [0.25, 0.3) is 0 Å². The average Bonchev–Trinajstić information content (AvgIpc) is 2.18. The minimum atomic E-state index is -1.53. The highest BCUT2D eigenvalue weighted by molar-refractivity contribution is 9.10. The van der Waals surface area contributed by atoms with Gasteiger partial charge in [0, 0.05) is 16.1 Å². The number of ketones is 1. The Labute approximate surface area is 94.0 Å². The van der Waals surface area contributed by atoms with Crippen molar-refractivity contribution in [3.05, 3.63) is 46.1 Å². The Morgan fingerprint density at radius 3 is 2.13 bits per heavy atom. The monoisotopic (exact) mass is 270 g/mol. The first-order chi connectivity index (χ1) is 7.00. The van der Waals surface area contributed by atoms with Crippen molar-refractivity contribution in [3.63, 3.8) is 0 Å². The van der Waals surface area contributed by atoms with E-state index in [9.17, 15) is 9.59 Å². The molecule has 1 aromatic rings. The van der Waals surface area contributed by atoms with Crippen molar-refractivity contribution in [2.24, 2.45) is 0 Å². The largest absolute Gasteiger partial charge is 0.502 e. The Morgan fingerprint density at radius 1 is 1.13 bits per heavy atom. The van der Waals surface area contributed by atoms with Gasteiger partial charge in [-0.2, -0.15) is 0 Å². The molecule has 0 heterocycles. The van der Waals surface area contributed by atoms with Crippen molar-refractivity contribution >= 4 is 27.7 Å². The lowest BCUT2D eigenvalue weighted by Gasteiger charge is -1.96. The number of benzene rings is 1. The Morgan fingerprint density at radius 2 is 1.67 bits per heavy atom. The van der Waals surface area contributed by atoms with Crippen LogP contribution in [0.4, 0.5) is 0 Å². The molecular formula is C10H7BrO4. The molecule has 1 aromatic carbocycles. The summed E-state index contributed by atoms with van der Waals surface area (Å²) < 4.78 is 0.811. The van der Waals surface area contributed by atoms with E-state index in [1.54, 1.807) is 12.1 Å². The lowest BCUT2D eigenvalue weighted by Crippen LogP contribution is -2.03. The highest BCUT2D eigenvalue weighted by atomic mass is 79.9. The second-order valence-corrected chi connectivity index (χ2v) is 3.62. The number of aliphatic hydroxyl groups excluding tert-OH is 1. The average molecular weight is 271 g/mol. The summed E-state index contributed by atoms with van der Waals surface area (Å²) in [5, 5.41) is 17.2. The van der Waals surface area contributed by atoms with E-state index in [2.05, 4.69) is 15.9 Å². The van der Waals surface area contributed by atoms with Gasteiger partial charge in [0.15, 0.2) is 5.78 Å². The molecule has 0 unspecified atom stereocenters. The molecule has 0 amide bonds. The predicted molar refractivity (Wildman–Crippen MR) is 56.8 cm³/mol. The number of hydrogen-bond acceptors (Lipinski definition) is 3. The molecule has 0 aliphatic rings. The van der Waals surface area contributed by atoms with Crippen LogP contribution in [0, 0.1) is 0 Å². The molecule has 4 nitrogen and oxygen atoms in total. The third kappa shape index (κ3) is 3.21. The van der Waals surface area contributed by atoms with E-state index in [0.29, 0.717) is 11.6 Å². The molecule has 15 heavy (non-hydrogen) atoms. The molecule has 0 fully saturated rings. The maximum Gasteiger partial charge on any atom is 0.371 e. The van der Waals surface area contributed by atoms with E-state index in [-0.39, 0.29) is 0 Å². The number of carboxylic acids is 1. The van der Waals surface area contributed by atoms with Crippen molar-refractivity contribution in [1.82, 2.24) is 0 Å². The highest BCUT2D eigenvalue weighted by Crippen LogP contribution is 2.11. The van der Waals surface area contributed by atoms with E-state index in [1.165, 1.54) is 12.1 Å². The summed E-state index contributed by atoms with van der Waals surface area (Å²) in [7, 11) is 0. The molecule has 0 atom stereocenters. The van der Waals surface area contributed by atoms with Crippen LogP contribution < -0.4 is 0 Å². The maximum atomic E-state index is 11.4. The lowest BCUT2D eigenvalue weighted by atomic mass is 10.1. The van der Waals surface area contributed by atoms with Crippen molar-refractivity contribution in [2.75, 3.05) is 0 Å². The van der Waals surface area contributed by atoms with Gasteiger partial charge in [-0.1, -0.05) is 15.9 Å². The minimum Gasteiger partial charge on any atom is -0.502 e. The summed E-state index contributed by atoms with van der Waals surface area (Å²) in [4.78, 5) is 21.6. The molecule has 0 saturated carbocycles. The molecule has 0 spiro atoms. The molecule has 0 radical (unpaired) electrons. The van der Waals surface area contributed by atoms with E-state index >= 15 is 0 Å². The smallest absolute Gasteiger partial charge is 0.371 e. The summed E-state index contributed by atoms with van der Waals surface area (Å²) in [5.74, 6) is -3.05. The molecule has 0 aliphatic carbocycles. The normalized spacial score (nSPS) is 11.1. The number of halogens is 1. The molecule has 0 saturated heterocycles. The quantitative estimate of drug-likeness (QED) is 0.502. The van der Waals surface area contributed by atoms with Crippen molar-refractivity contribution in [1.29, 1.82) is 0 Å². The Kier molecular flexibility index (Phi) is 3.62. The van der Waals surface area contributed by atoms with Crippen LogP contribution in [0.15, 0.2) is 40.6 Å². The van der Waals surface area contributed by atoms with Crippen LogP contribution in [-0.4, -0.2) is 22.0 Å². The van der Waals surface area contributed by atoms with Gasteiger partial charge in [0.1, 0.15) is 0 Å². The third-order valence-electron chi connectivity index (χ3n) is 1.62. The van der Waals surface area contributed by atoms with E-state index in [4.69, 9.17) is 10.2 Å². The lowest BCUT2D eigenvalue weighted by molar-refractivity contribution is -0.135. The van der Waals surface area contributed by atoms with Gasteiger partial charge in [0.2, 0.25) is 5.76 Å². The predicted octanol–water partition coefficient (Wildman–Crippen LogP) is 2.16. The van der Waals surface area contributed by atoms with Crippen LogP contribution in [0.1, 0.15) is 10.4 Å². The van der Waals surface area contributed by atoms with Gasteiger partial charge in [-0.3, -0.25) is 4.79 Å². The third-order valence-corrected chi connectivity index (χ3v) is 2.14. The van der Waals surface area contributed by atoms with Crippen LogP contribution in [0.2, 0.25) is 0 Å². The van der Waals surface area contributed by atoms with Gasteiger partial charge in [0.05, 0.1) is 0 Å². The zero-order valence-corrected chi connectivity index (χ0v) is 9.06. The number of rotatable bonds is 3. The van der Waals surface area contributed by atoms with Crippen molar-refractivity contribution < 1.29 is 19.8 Å². The molecule has 78 valence electrons. The number of hydrogen-bond donors (Lipinski definition) is 2. The van der Waals surface area contributed by atoms with E-state index < -0.39 is 17.5 Å². The van der Waals surface area contributed by atoms with Gasteiger partial charge in [-0.25, -0.2) is 4.79 Å². The first kappa shape index (κ1) is 11.5. The van der Waals surface area contributed by atoms with E-state index in [1.807, 2.05) is 0 Å². The Balaban J connectivity index is 2.91. The van der Waals surface area contributed by atoms with Crippen LogP contribution in [-0.2, 0) is 4.79 Å². The Hall–Kier alpha value is -1.62. The standard InChI is InChI=1S/C10H7BrO4/c11-7-3-1-6(2-4-7)8(12)5-9(13)10(14)15/h1-5,13H,(H,14,15)/b9-5+. The van der Waals surface area contributed by atoms with Gasteiger partial charge < -0.3 is 10.2 Å². The summed E-state index contributed by atoms with van der Waals surface area (Å²) in [6.45, 7) is 0. The highest BCUT2D eigenvalue weighted by Gasteiger charge is 2.08. The number of carbonyl (C=O) groups excluding carboxylic acids is 1. The molecule has 5 heteroatoms. The Bertz CT molecular complexity index is 420. The van der Waals surface area contributed by atoms with Crippen LogP contribution in [0.25, 0.3) is 0 Å². The van der Waals surface area contributed by atoms with Gasteiger partial charge in [-0.15, -0.1) is 0 Å². The maximum absolute atomic E-state index is 11.4. The fourth-order valence-corrected chi connectivity index (χ4v) is 1.15. The SMILES string of the molecule is O=C(O)/C(O)=C\C(=O)c1ccc(Br)cc1. The topological polar surface area (TPSA) is 74.6 Å². The van der Waals surface area contributed by atoms with Gasteiger partial charge in [-0.05, 0) is 24.3 Å². The second-order valence-electron chi connectivity index (χ2n) is 2.71. The molecule has 2 N–H and O–H groups in total. The molecule has 0 aromatic heterocycles. The summed E-state index contributed by atoms with van der Waals surface area (Å²) in [6.07, 6.45) is 0.672. The first-order valence-electron chi connectivity index (χ1n) is 3.94. The van der Waals surface area contributed by atoms with Crippen LogP contribution in [0.5, 0.6) is 0 Å². The van der Waals surface area contributed by atoms with Crippen LogP contribution in [0.3, 0.4) is 0 Å². The van der Waals surface area contributed by atoms with Crippen molar-refractivity contribution in [3.8, 4) is 0 Å². The zero-order chi connectivity index (χ0) is 11.4. The zero-order valence-electron chi connectivity index (χ0n) is 7.48. The number of carbonyl (C=O) groups is 2. The number of allylic oxidation sites excluding steroid dienone is 1. The number of carboxylic acid groups (broad SMARTS) is 1. The number of aliphatic carboxylic acids is 1. The fraction of sp³-hybridized carbons (Fsp3) is 0. The number of aliphatic hydroxyl groups is 1. The summed E-state index contributed by atoms with van der Waals surface area (Å²) in [5.41, 5.74) is 0.311. The second kappa shape index (κ2) is 4.75. The molecule has 0 bridgehead atoms. The minimum absolute atomic E-state index is 0.311. The first-order valence-corrected chi connectivity index (χ1v) is 4.74. The fourth-order valence-electron chi connectivity index (χ4n) is 0.883.